The Balaban J connectivity index is 2.03. The average molecular weight is 289 g/mol. The van der Waals surface area contributed by atoms with Crippen molar-refractivity contribution in [3.8, 4) is 11.8 Å². The SMILES string of the molecule is NCC#Cc1ccc(NC(=O)N2CCCCCC2)c(F)c1. The van der Waals surface area contributed by atoms with Crippen molar-refractivity contribution < 1.29 is 9.18 Å². The predicted molar refractivity (Wildman–Crippen MR) is 81.4 cm³/mol. The Bertz CT molecular complexity index is 554. The molecule has 0 spiro atoms. The van der Waals surface area contributed by atoms with Crippen LogP contribution >= 0.6 is 0 Å². The molecule has 112 valence electrons. The van der Waals surface area contributed by atoms with E-state index in [1.165, 1.54) is 12.1 Å². The van der Waals surface area contributed by atoms with Gasteiger partial charge in [0.15, 0.2) is 0 Å². The van der Waals surface area contributed by atoms with Gasteiger partial charge in [0, 0.05) is 18.7 Å². The summed E-state index contributed by atoms with van der Waals surface area (Å²) in [6.45, 7) is 1.69. The molecule has 0 bridgehead atoms. The summed E-state index contributed by atoms with van der Waals surface area (Å²) in [4.78, 5) is 13.9. The van der Waals surface area contributed by atoms with E-state index < -0.39 is 5.82 Å². The molecule has 2 rings (SSSR count). The molecule has 21 heavy (non-hydrogen) atoms. The topological polar surface area (TPSA) is 58.4 Å². The van der Waals surface area contributed by atoms with E-state index in [2.05, 4.69) is 17.2 Å². The molecule has 0 aliphatic carbocycles. The third kappa shape index (κ3) is 4.47. The molecule has 1 aliphatic rings. The van der Waals surface area contributed by atoms with Crippen LogP contribution in [0.2, 0.25) is 0 Å². The van der Waals surface area contributed by atoms with Gasteiger partial charge in [-0.2, -0.15) is 0 Å². The quantitative estimate of drug-likeness (QED) is 0.781. The fourth-order valence-electron chi connectivity index (χ4n) is 2.32. The number of nitrogens with one attached hydrogen (secondary N) is 1. The Hall–Kier alpha value is -2.06. The van der Waals surface area contributed by atoms with E-state index in [0.29, 0.717) is 5.56 Å². The number of nitrogens with two attached hydrogens (primary N) is 1. The van der Waals surface area contributed by atoms with Crippen molar-refractivity contribution in [2.45, 2.75) is 25.7 Å². The first-order chi connectivity index (χ1) is 10.2. The van der Waals surface area contributed by atoms with Gasteiger partial charge in [-0.25, -0.2) is 9.18 Å². The Morgan fingerprint density at radius 1 is 1.29 bits per heavy atom. The van der Waals surface area contributed by atoms with Crippen LogP contribution in [0, 0.1) is 17.7 Å². The maximum atomic E-state index is 14.0. The van der Waals surface area contributed by atoms with Gasteiger partial charge >= 0.3 is 6.03 Å². The average Bonchev–Trinajstić information content (AvgIpc) is 2.76. The Morgan fingerprint density at radius 3 is 2.62 bits per heavy atom. The zero-order valence-electron chi connectivity index (χ0n) is 12.0. The van der Waals surface area contributed by atoms with Crippen molar-refractivity contribution >= 4 is 11.7 Å². The number of halogens is 1. The van der Waals surface area contributed by atoms with Gasteiger partial charge in [-0.15, -0.1) is 0 Å². The lowest BCUT2D eigenvalue weighted by Gasteiger charge is -2.21. The van der Waals surface area contributed by atoms with Crippen LogP contribution in [0.5, 0.6) is 0 Å². The molecule has 1 heterocycles. The number of hydrogen-bond acceptors (Lipinski definition) is 2. The molecular weight excluding hydrogens is 269 g/mol. The summed E-state index contributed by atoms with van der Waals surface area (Å²) in [5, 5.41) is 2.63. The molecule has 1 aliphatic heterocycles. The molecule has 1 aromatic rings. The summed E-state index contributed by atoms with van der Waals surface area (Å²) in [6.07, 6.45) is 4.30. The van der Waals surface area contributed by atoms with Gasteiger partial charge in [0.2, 0.25) is 0 Å². The first kappa shape index (κ1) is 15.3. The van der Waals surface area contributed by atoms with E-state index in [1.54, 1.807) is 11.0 Å². The van der Waals surface area contributed by atoms with Crippen LogP contribution in [0.4, 0.5) is 14.9 Å². The number of amides is 2. The van der Waals surface area contributed by atoms with Gasteiger partial charge in [0.25, 0.3) is 0 Å². The summed E-state index contributed by atoms with van der Waals surface area (Å²) in [5.74, 6) is 4.94. The second kappa shape index (κ2) is 7.65. The van der Waals surface area contributed by atoms with Crippen molar-refractivity contribution in [3.05, 3.63) is 29.6 Å². The van der Waals surface area contributed by atoms with Crippen molar-refractivity contribution in [1.29, 1.82) is 0 Å². The highest BCUT2D eigenvalue weighted by molar-refractivity contribution is 5.89. The maximum absolute atomic E-state index is 14.0. The van der Waals surface area contributed by atoms with Gasteiger partial charge in [0.05, 0.1) is 12.2 Å². The first-order valence-electron chi connectivity index (χ1n) is 7.25. The van der Waals surface area contributed by atoms with Gasteiger partial charge in [-0.3, -0.25) is 0 Å². The normalized spacial score (nSPS) is 14.9. The molecule has 0 atom stereocenters. The maximum Gasteiger partial charge on any atom is 0.321 e. The third-order valence-corrected chi connectivity index (χ3v) is 3.44. The molecular formula is C16H20FN3O. The molecule has 0 aromatic heterocycles. The molecule has 0 radical (unpaired) electrons. The second-order valence-electron chi connectivity index (χ2n) is 5.03. The van der Waals surface area contributed by atoms with Gasteiger partial charge < -0.3 is 16.0 Å². The zero-order valence-corrected chi connectivity index (χ0v) is 12.0. The minimum atomic E-state index is -0.484. The molecule has 3 N–H and O–H groups in total. The van der Waals surface area contributed by atoms with Crippen LogP contribution in [-0.4, -0.2) is 30.6 Å². The largest absolute Gasteiger partial charge is 0.325 e. The molecule has 1 aromatic carbocycles. The van der Waals surface area contributed by atoms with Crippen LogP contribution in [0.15, 0.2) is 18.2 Å². The predicted octanol–water partition coefficient (Wildman–Crippen LogP) is 2.54. The number of carbonyl (C=O) groups excluding carboxylic acids is 1. The lowest BCUT2D eigenvalue weighted by Crippen LogP contribution is -2.35. The summed E-state index contributed by atoms with van der Waals surface area (Å²) >= 11 is 0. The molecule has 1 saturated heterocycles. The summed E-state index contributed by atoms with van der Waals surface area (Å²) in [6, 6.07) is 4.27. The van der Waals surface area contributed by atoms with Crippen molar-refractivity contribution in [2.75, 3.05) is 25.0 Å². The van der Waals surface area contributed by atoms with E-state index in [-0.39, 0.29) is 18.3 Å². The Labute approximate surface area is 124 Å². The molecule has 0 saturated carbocycles. The van der Waals surface area contributed by atoms with Crippen LogP contribution in [-0.2, 0) is 0 Å². The van der Waals surface area contributed by atoms with Crippen LogP contribution < -0.4 is 11.1 Å². The first-order valence-corrected chi connectivity index (χ1v) is 7.25. The summed E-state index contributed by atoms with van der Waals surface area (Å²) in [5.41, 5.74) is 6.01. The number of likely N-dealkylation sites (tertiary alicyclic amines) is 1. The van der Waals surface area contributed by atoms with E-state index >= 15 is 0 Å². The molecule has 2 amide bonds. The van der Waals surface area contributed by atoms with E-state index in [1.807, 2.05) is 0 Å². The standard InChI is InChI=1S/C16H20FN3O/c17-14-12-13(6-5-9-18)7-8-15(14)19-16(21)20-10-3-1-2-4-11-20/h7-8,12H,1-4,9-11,18H2,(H,19,21). The number of hydrogen-bond donors (Lipinski definition) is 2. The van der Waals surface area contributed by atoms with Gasteiger partial charge in [-0.1, -0.05) is 24.7 Å². The van der Waals surface area contributed by atoms with Crippen molar-refractivity contribution in [1.82, 2.24) is 4.90 Å². The highest BCUT2D eigenvalue weighted by Gasteiger charge is 2.16. The monoisotopic (exact) mass is 289 g/mol. The lowest BCUT2D eigenvalue weighted by molar-refractivity contribution is 0.213. The number of carbonyl (C=O) groups is 1. The third-order valence-electron chi connectivity index (χ3n) is 3.44. The molecule has 4 nitrogen and oxygen atoms in total. The number of anilines is 1. The number of rotatable bonds is 1. The minimum absolute atomic E-state index is 0.183. The van der Waals surface area contributed by atoms with Gasteiger partial charge in [0.1, 0.15) is 5.82 Å². The number of nitrogens with zero attached hydrogens (tertiary/aromatic N) is 1. The van der Waals surface area contributed by atoms with Gasteiger partial charge in [-0.05, 0) is 31.0 Å². The molecule has 1 fully saturated rings. The van der Waals surface area contributed by atoms with Crippen molar-refractivity contribution in [2.24, 2.45) is 5.73 Å². The Kier molecular flexibility index (Phi) is 5.59. The zero-order chi connectivity index (χ0) is 15.1. The van der Waals surface area contributed by atoms with Crippen LogP contribution in [0.25, 0.3) is 0 Å². The minimum Gasteiger partial charge on any atom is -0.325 e. The fraction of sp³-hybridized carbons (Fsp3) is 0.438. The van der Waals surface area contributed by atoms with Crippen LogP contribution in [0.1, 0.15) is 31.2 Å². The second-order valence-corrected chi connectivity index (χ2v) is 5.03. The molecule has 5 heteroatoms. The Morgan fingerprint density at radius 2 is 2.00 bits per heavy atom. The summed E-state index contributed by atoms with van der Waals surface area (Å²) < 4.78 is 14.0. The van der Waals surface area contributed by atoms with Crippen molar-refractivity contribution in [3.63, 3.8) is 0 Å². The number of benzene rings is 1. The van der Waals surface area contributed by atoms with E-state index in [4.69, 9.17) is 5.73 Å². The summed E-state index contributed by atoms with van der Waals surface area (Å²) in [7, 11) is 0. The van der Waals surface area contributed by atoms with Crippen LogP contribution in [0.3, 0.4) is 0 Å². The van der Waals surface area contributed by atoms with E-state index in [9.17, 15) is 9.18 Å². The highest BCUT2D eigenvalue weighted by Crippen LogP contribution is 2.17. The van der Waals surface area contributed by atoms with E-state index in [0.717, 1.165) is 38.8 Å². The molecule has 0 unspecified atom stereocenters. The highest BCUT2D eigenvalue weighted by atomic mass is 19.1. The smallest absolute Gasteiger partial charge is 0.321 e. The fourth-order valence-corrected chi connectivity index (χ4v) is 2.32. The lowest BCUT2D eigenvalue weighted by atomic mass is 10.2. The number of urea groups is 1.